The van der Waals surface area contributed by atoms with Crippen molar-refractivity contribution in [2.75, 3.05) is 7.11 Å². The summed E-state index contributed by atoms with van der Waals surface area (Å²) < 4.78 is 10.8. The van der Waals surface area contributed by atoms with Gasteiger partial charge < -0.3 is 14.3 Å². The fourth-order valence-electron chi connectivity index (χ4n) is 2.08. The van der Waals surface area contributed by atoms with E-state index in [9.17, 15) is 14.7 Å². The molecule has 0 saturated carbocycles. The van der Waals surface area contributed by atoms with E-state index < -0.39 is 11.4 Å². The number of fused-ring (bicyclic) bond motifs is 1. The van der Waals surface area contributed by atoms with Gasteiger partial charge in [-0.15, -0.1) is 11.3 Å². The van der Waals surface area contributed by atoms with Crippen LogP contribution >= 0.6 is 11.3 Å². The Morgan fingerprint density at radius 3 is 2.76 bits per heavy atom. The molecule has 0 amide bonds. The number of hydrogen-bond donors (Lipinski definition) is 1. The van der Waals surface area contributed by atoms with Gasteiger partial charge in [0.15, 0.2) is 11.3 Å². The summed E-state index contributed by atoms with van der Waals surface area (Å²) >= 11 is 1.31. The minimum absolute atomic E-state index is 0.0725. The molecular formula is C15H10O5S. The summed E-state index contributed by atoms with van der Waals surface area (Å²) in [6, 6.07) is 8.14. The Morgan fingerprint density at radius 1 is 1.33 bits per heavy atom. The predicted molar refractivity (Wildman–Crippen MR) is 79.3 cm³/mol. The van der Waals surface area contributed by atoms with Crippen LogP contribution in [0.3, 0.4) is 0 Å². The summed E-state index contributed by atoms with van der Waals surface area (Å²) in [5.74, 6) is -0.695. The number of benzene rings is 1. The highest BCUT2D eigenvalue weighted by atomic mass is 32.1. The molecule has 1 aromatic carbocycles. The third-order valence-corrected chi connectivity index (χ3v) is 3.93. The summed E-state index contributed by atoms with van der Waals surface area (Å²) in [4.78, 5) is 24.4. The van der Waals surface area contributed by atoms with Crippen molar-refractivity contribution in [2.24, 2.45) is 0 Å². The topological polar surface area (TPSA) is 76.7 Å². The largest absolute Gasteiger partial charge is 0.497 e. The smallest absolute Gasteiger partial charge is 0.343 e. The summed E-state index contributed by atoms with van der Waals surface area (Å²) in [5.41, 5.74) is -0.613. The van der Waals surface area contributed by atoms with Gasteiger partial charge in [-0.1, -0.05) is 6.07 Å². The number of carboxylic acids is 1. The van der Waals surface area contributed by atoms with Crippen LogP contribution in [0, 0.1) is 0 Å². The van der Waals surface area contributed by atoms with E-state index in [0.717, 1.165) is 0 Å². The normalized spacial score (nSPS) is 10.7. The van der Waals surface area contributed by atoms with E-state index >= 15 is 0 Å². The van der Waals surface area contributed by atoms with Crippen molar-refractivity contribution in [1.82, 2.24) is 0 Å². The molecule has 0 spiro atoms. The van der Waals surface area contributed by atoms with Crippen LogP contribution < -0.4 is 10.2 Å². The van der Waals surface area contributed by atoms with E-state index in [2.05, 4.69) is 0 Å². The lowest BCUT2D eigenvalue weighted by Crippen LogP contribution is -2.16. The van der Waals surface area contributed by atoms with Crippen molar-refractivity contribution in [1.29, 1.82) is 0 Å². The quantitative estimate of drug-likeness (QED) is 0.803. The number of thiophene rings is 1. The number of carboxylic acid groups (broad SMARTS) is 1. The number of hydrogen-bond acceptors (Lipinski definition) is 5. The second-order valence-corrected chi connectivity index (χ2v) is 5.23. The van der Waals surface area contributed by atoms with Crippen LogP contribution in [0.4, 0.5) is 0 Å². The minimum Gasteiger partial charge on any atom is -0.497 e. The molecule has 0 aliphatic carbocycles. The molecule has 0 aliphatic rings. The van der Waals surface area contributed by atoms with Crippen LogP contribution in [0.15, 0.2) is 44.9 Å². The van der Waals surface area contributed by atoms with E-state index in [4.69, 9.17) is 9.15 Å². The number of ether oxygens (including phenoxy) is 1. The van der Waals surface area contributed by atoms with Gasteiger partial charge in [0.1, 0.15) is 11.3 Å². The highest BCUT2D eigenvalue weighted by Crippen LogP contribution is 2.30. The standard InChI is InChI=1S/C15H10O5S/c1-19-8-4-5-9-10(7-8)20-14(11-3-2-6-21-11)12(13(9)16)15(17)18/h2-7H,1H3,(H,17,18). The molecule has 0 fully saturated rings. The first-order valence-electron chi connectivity index (χ1n) is 6.04. The summed E-state index contributed by atoms with van der Waals surface area (Å²) in [6.07, 6.45) is 0. The van der Waals surface area contributed by atoms with Crippen molar-refractivity contribution < 1.29 is 19.1 Å². The molecule has 0 bridgehead atoms. The highest BCUT2D eigenvalue weighted by Gasteiger charge is 2.22. The van der Waals surface area contributed by atoms with Crippen LogP contribution in [-0.2, 0) is 0 Å². The maximum atomic E-state index is 12.4. The molecule has 0 unspecified atom stereocenters. The van der Waals surface area contributed by atoms with Gasteiger partial charge >= 0.3 is 5.97 Å². The molecule has 3 rings (SSSR count). The van der Waals surface area contributed by atoms with E-state index in [0.29, 0.717) is 16.2 Å². The Labute approximate surface area is 123 Å². The average Bonchev–Trinajstić information content (AvgIpc) is 3.00. The minimum atomic E-state index is -1.30. The van der Waals surface area contributed by atoms with Crippen molar-refractivity contribution >= 4 is 28.3 Å². The number of rotatable bonds is 3. The molecule has 6 heteroatoms. The molecule has 21 heavy (non-hydrogen) atoms. The third-order valence-electron chi connectivity index (χ3n) is 3.06. The van der Waals surface area contributed by atoms with Crippen LogP contribution in [0.5, 0.6) is 5.75 Å². The molecule has 0 saturated heterocycles. The maximum absolute atomic E-state index is 12.4. The lowest BCUT2D eigenvalue weighted by atomic mass is 10.1. The van der Waals surface area contributed by atoms with Gasteiger partial charge in [0.25, 0.3) is 0 Å². The molecule has 0 aliphatic heterocycles. The van der Waals surface area contributed by atoms with Gasteiger partial charge in [0.05, 0.1) is 17.4 Å². The first-order chi connectivity index (χ1) is 10.1. The van der Waals surface area contributed by atoms with Gasteiger partial charge in [-0.05, 0) is 23.6 Å². The van der Waals surface area contributed by atoms with Crippen LogP contribution in [0.1, 0.15) is 10.4 Å². The van der Waals surface area contributed by atoms with Crippen molar-refractivity contribution in [3.05, 3.63) is 51.5 Å². The monoisotopic (exact) mass is 302 g/mol. The molecule has 1 N–H and O–H groups in total. The summed E-state index contributed by atoms with van der Waals surface area (Å²) in [5, 5.41) is 11.3. The zero-order chi connectivity index (χ0) is 15.0. The number of aromatic carboxylic acids is 1. The first-order valence-corrected chi connectivity index (χ1v) is 6.92. The average molecular weight is 302 g/mol. The van der Waals surface area contributed by atoms with E-state index in [1.54, 1.807) is 29.6 Å². The third kappa shape index (κ3) is 2.19. The first kappa shape index (κ1) is 13.4. The second-order valence-electron chi connectivity index (χ2n) is 4.28. The van der Waals surface area contributed by atoms with E-state index in [1.165, 1.54) is 24.5 Å². The lowest BCUT2D eigenvalue weighted by Gasteiger charge is -2.06. The Balaban J connectivity index is 2.42. The van der Waals surface area contributed by atoms with E-state index in [1.807, 2.05) is 0 Å². The highest BCUT2D eigenvalue weighted by molar-refractivity contribution is 7.13. The van der Waals surface area contributed by atoms with Gasteiger partial charge in [0.2, 0.25) is 5.43 Å². The fourth-order valence-corrected chi connectivity index (χ4v) is 2.79. The Morgan fingerprint density at radius 2 is 2.14 bits per heavy atom. The van der Waals surface area contributed by atoms with Crippen molar-refractivity contribution in [2.45, 2.75) is 0 Å². The summed E-state index contributed by atoms with van der Waals surface area (Å²) in [7, 11) is 1.51. The molecular weight excluding hydrogens is 292 g/mol. The zero-order valence-electron chi connectivity index (χ0n) is 11.0. The van der Waals surface area contributed by atoms with E-state index in [-0.39, 0.29) is 16.7 Å². The molecule has 2 aromatic heterocycles. The molecule has 0 radical (unpaired) electrons. The van der Waals surface area contributed by atoms with Gasteiger partial charge in [-0.3, -0.25) is 4.79 Å². The van der Waals surface area contributed by atoms with Crippen LogP contribution in [0.2, 0.25) is 0 Å². The van der Waals surface area contributed by atoms with Crippen LogP contribution in [0.25, 0.3) is 21.6 Å². The molecule has 0 atom stereocenters. The second kappa shape index (κ2) is 5.06. The van der Waals surface area contributed by atoms with Crippen LogP contribution in [-0.4, -0.2) is 18.2 Å². The Bertz CT molecular complexity index is 877. The van der Waals surface area contributed by atoms with Crippen molar-refractivity contribution in [3.63, 3.8) is 0 Å². The molecule has 3 aromatic rings. The van der Waals surface area contributed by atoms with Crippen molar-refractivity contribution in [3.8, 4) is 16.4 Å². The van der Waals surface area contributed by atoms with Gasteiger partial charge in [0, 0.05) is 6.07 Å². The maximum Gasteiger partial charge on any atom is 0.343 e. The van der Waals surface area contributed by atoms with Gasteiger partial charge in [-0.25, -0.2) is 4.79 Å². The molecule has 2 heterocycles. The molecule has 106 valence electrons. The Hall–Kier alpha value is -2.60. The predicted octanol–water partition coefficient (Wildman–Crippen LogP) is 3.23. The summed E-state index contributed by atoms with van der Waals surface area (Å²) in [6.45, 7) is 0. The number of carbonyl (C=O) groups is 1. The number of methoxy groups -OCH3 is 1. The SMILES string of the molecule is COc1ccc2c(=O)c(C(=O)O)c(-c3cccs3)oc2c1. The fraction of sp³-hybridized carbons (Fsp3) is 0.0667. The van der Waals surface area contributed by atoms with Gasteiger partial charge in [-0.2, -0.15) is 0 Å². The Kier molecular flexibility index (Phi) is 3.23. The zero-order valence-corrected chi connectivity index (χ0v) is 11.8. The lowest BCUT2D eigenvalue weighted by molar-refractivity contribution is 0.0694. The molecule has 5 nitrogen and oxygen atoms in total.